The third-order valence-corrected chi connectivity index (χ3v) is 3.53. The Morgan fingerprint density at radius 3 is 2.70 bits per heavy atom. The van der Waals surface area contributed by atoms with Gasteiger partial charge in [0, 0.05) is 18.5 Å². The van der Waals surface area contributed by atoms with E-state index in [-0.39, 0.29) is 18.5 Å². The maximum atomic E-state index is 12.2. The molecule has 0 aromatic carbocycles. The summed E-state index contributed by atoms with van der Waals surface area (Å²) in [7, 11) is 0. The minimum atomic E-state index is -1.53. The molecule has 0 aliphatic heterocycles. The van der Waals surface area contributed by atoms with Crippen molar-refractivity contribution in [1.82, 2.24) is 20.1 Å². The molecule has 7 nitrogen and oxygen atoms in total. The normalized spacial score (nSPS) is 17.8. The number of amides is 1. The van der Waals surface area contributed by atoms with Crippen molar-refractivity contribution in [2.75, 3.05) is 0 Å². The Hall–Kier alpha value is -1.92. The summed E-state index contributed by atoms with van der Waals surface area (Å²) in [5.41, 5.74) is -1.53. The highest BCUT2D eigenvalue weighted by molar-refractivity contribution is 6.01. The van der Waals surface area contributed by atoms with Gasteiger partial charge in [0.1, 0.15) is 12.2 Å². The second-order valence-electron chi connectivity index (χ2n) is 5.78. The molecule has 1 heterocycles. The number of carboxylic acid groups (broad SMARTS) is 1. The molecule has 1 aliphatic rings. The summed E-state index contributed by atoms with van der Waals surface area (Å²) in [5, 5.41) is 16.3. The fourth-order valence-corrected chi connectivity index (χ4v) is 1.97. The van der Waals surface area contributed by atoms with Crippen molar-refractivity contribution in [3.05, 3.63) is 12.2 Å². The molecule has 0 saturated heterocycles. The Balaban J connectivity index is 2.21. The van der Waals surface area contributed by atoms with E-state index in [1.54, 1.807) is 4.68 Å². The summed E-state index contributed by atoms with van der Waals surface area (Å²) in [6.07, 6.45) is 3.25. The molecule has 110 valence electrons. The summed E-state index contributed by atoms with van der Waals surface area (Å²) < 4.78 is 1.64. The Kier molecular flexibility index (Phi) is 3.78. The van der Waals surface area contributed by atoms with Crippen molar-refractivity contribution in [3.8, 4) is 0 Å². The van der Waals surface area contributed by atoms with Crippen molar-refractivity contribution in [1.29, 1.82) is 0 Å². The molecular formula is C13H20N4O3. The van der Waals surface area contributed by atoms with Gasteiger partial charge in [0.05, 0.1) is 0 Å². The third kappa shape index (κ3) is 2.81. The highest BCUT2D eigenvalue weighted by atomic mass is 16.4. The Morgan fingerprint density at radius 2 is 2.20 bits per heavy atom. The van der Waals surface area contributed by atoms with Gasteiger partial charge >= 0.3 is 5.97 Å². The van der Waals surface area contributed by atoms with Gasteiger partial charge in [-0.3, -0.25) is 9.59 Å². The molecule has 0 spiro atoms. The summed E-state index contributed by atoms with van der Waals surface area (Å²) in [4.78, 5) is 27.9. The highest BCUT2D eigenvalue weighted by Crippen LogP contribution is 2.27. The van der Waals surface area contributed by atoms with E-state index in [1.807, 2.05) is 13.8 Å². The highest BCUT2D eigenvalue weighted by Gasteiger charge is 2.44. The average molecular weight is 280 g/mol. The number of nitrogens with zero attached hydrogens (tertiary/aromatic N) is 3. The molecule has 1 aliphatic carbocycles. The molecule has 2 rings (SSSR count). The fourth-order valence-electron chi connectivity index (χ4n) is 1.97. The number of nitrogens with one attached hydrogen (secondary N) is 1. The number of carbonyl (C=O) groups is 2. The zero-order valence-electron chi connectivity index (χ0n) is 12.0. The predicted molar refractivity (Wildman–Crippen MR) is 71.0 cm³/mol. The molecule has 1 saturated carbocycles. The van der Waals surface area contributed by atoms with Crippen molar-refractivity contribution in [2.45, 2.75) is 52.1 Å². The first-order valence-corrected chi connectivity index (χ1v) is 6.77. The number of hydrogen-bond acceptors (Lipinski definition) is 4. The van der Waals surface area contributed by atoms with Crippen LogP contribution in [0.3, 0.4) is 0 Å². The molecule has 1 fully saturated rings. The van der Waals surface area contributed by atoms with Gasteiger partial charge in [-0.15, -0.1) is 0 Å². The SMILES string of the molecule is CC(C)n1ncnc1CC(C)(C(=O)O)C(=O)NC1CC1. The van der Waals surface area contributed by atoms with E-state index < -0.39 is 17.3 Å². The van der Waals surface area contributed by atoms with E-state index in [4.69, 9.17) is 0 Å². The minimum absolute atomic E-state index is 0.0269. The third-order valence-electron chi connectivity index (χ3n) is 3.53. The van der Waals surface area contributed by atoms with Crippen LogP contribution >= 0.6 is 0 Å². The molecule has 20 heavy (non-hydrogen) atoms. The second-order valence-corrected chi connectivity index (χ2v) is 5.78. The van der Waals surface area contributed by atoms with Crippen molar-refractivity contribution >= 4 is 11.9 Å². The summed E-state index contributed by atoms with van der Waals surface area (Å²) >= 11 is 0. The first-order chi connectivity index (χ1) is 9.34. The molecule has 1 aromatic heterocycles. The van der Waals surface area contributed by atoms with Crippen molar-refractivity contribution in [3.63, 3.8) is 0 Å². The molecule has 1 unspecified atom stereocenters. The zero-order chi connectivity index (χ0) is 14.9. The second kappa shape index (κ2) is 5.22. The Labute approximate surface area is 117 Å². The number of carbonyl (C=O) groups excluding carboxylic acids is 1. The molecule has 2 N–H and O–H groups in total. The Bertz CT molecular complexity index is 521. The molecular weight excluding hydrogens is 260 g/mol. The van der Waals surface area contributed by atoms with Crippen LogP contribution in [0.25, 0.3) is 0 Å². The molecule has 0 bridgehead atoms. The van der Waals surface area contributed by atoms with Gasteiger partial charge in [0.15, 0.2) is 5.41 Å². The van der Waals surface area contributed by atoms with E-state index >= 15 is 0 Å². The van der Waals surface area contributed by atoms with Crippen LogP contribution in [-0.4, -0.2) is 37.8 Å². The van der Waals surface area contributed by atoms with Gasteiger partial charge < -0.3 is 10.4 Å². The largest absolute Gasteiger partial charge is 0.480 e. The first-order valence-electron chi connectivity index (χ1n) is 6.77. The van der Waals surface area contributed by atoms with E-state index in [9.17, 15) is 14.7 Å². The minimum Gasteiger partial charge on any atom is -0.480 e. The van der Waals surface area contributed by atoms with Gasteiger partial charge in [0.2, 0.25) is 5.91 Å². The van der Waals surface area contributed by atoms with E-state index in [1.165, 1.54) is 13.3 Å². The van der Waals surface area contributed by atoms with Gasteiger partial charge in [0.25, 0.3) is 0 Å². The van der Waals surface area contributed by atoms with Crippen LogP contribution < -0.4 is 5.32 Å². The molecule has 1 atom stereocenters. The zero-order valence-corrected chi connectivity index (χ0v) is 12.0. The number of aliphatic carboxylic acids is 1. The lowest BCUT2D eigenvalue weighted by Crippen LogP contribution is -2.47. The van der Waals surface area contributed by atoms with Crippen LogP contribution in [0, 0.1) is 5.41 Å². The van der Waals surface area contributed by atoms with Crippen LogP contribution in [0.2, 0.25) is 0 Å². The average Bonchev–Trinajstić information content (AvgIpc) is 3.04. The maximum absolute atomic E-state index is 12.2. The van der Waals surface area contributed by atoms with Crippen LogP contribution in [0.1, 0.15) is 45.5 Å². The first kappa shape index (κ1) is 14.5. The van der Waals surface area contributed by atoms with Crippen LogP contribution in [0.5, 0.6) is 0 Å². The van der Waals surface area contributed by atoms with Gasteiger partial charge in [-0.2, -0.15) is 5.10 Å². The lowest BCUT2D eigenvalue weighted by molar-refractivity contribution is -0.154. The lowest BCUT2D eigenvalue weighted by Gasteiger charge is -2.24. The quantitative estimate of drug-likeness (QED) is 0.750. The molecule has 1 amide bonds. The van der Waals surface area contributed by atoms with E-state index in [0.29, 0.717) is 5.82 Å². The number of aromatic nitrogens is 3. The number of hydrogen-bond donors (Lipinski definition) is 2. The summed E-state index contributed by atoms with van der Waals surface area (Å²) in [6.45, 7) is 5.30. The van der Waals surface area contributed by atoms with E-state index in [0.717, 1.165) is 12.8 Å². The smallest absolute Gasteiger partial charge is 0.319 e. The lowest BCUT2D eigenvalue weighted by atomic mass is 9.85. The van der Waals surface area contributed by atoms with Crippen LogP contribution in [0.4, 0.5) is 0 Å². The van der Waals surface area contributed by atoms with Gasteiger partial charge in [-0.25, -0.2) is 9.67 Å². The monoisotopic (exact) mass is 280 g/mol. The van der Waals surface area contributed by atoms with E-state index in [2.05, 4.69) is 15.4 Å². The van der Waals surface area contributed by atoms with Gasteiger partial charge in [-0.05, 0) is 33.6 Å². The number of rotatable bonds is 6. The van der Waals surface area contributed by atoms with Gasteiger partial charge in [-0.1, -0.05) is 0 Å². The summed E-state index contributed by atoms with van der Waals surface area (Å²) in [5.74, 6) is -1.09. The Morgan fingerprint density at radius 1 is 1.55 bits per heavy atom. The van der Waals surface area contributed by atoms with Crippen LogP contribution in [0.15, 0.2) is 6.33 Å². The molecule has 0 radical (unpaired) electrons. The van der Waals surface area contributed by atoms with Crippen molar-refractivity contribution < 1.29 is 14.7 Å². The maximum Gasteiger partial charge on any atom is 0.319 e. The number of carboxylic acids is 1. The predicted octanol–water partition coefficient (Wildman–Crippen LogP) is 0.771. The summed E-state index contributed by atoms with van der Waals surface area (Å²) in [6, 6.07) is 0.196. The topological polar surface area (TPSA) is 97.1 Å². The molecule has 1 aromatic rings. The van der Waals surface area contributed by atoms with Crippen LogP contribution in [-0.2, 0) is 16.0 Å². The molecule has 7 heteroatoms. The standard InChI is InChI=1S/C13H20N4O3/c1-8(2)17-10(14-7-15-17)6-13(3,12(19)20)11(18)16-9-4-5-9/h7-9H,4-6H2,1-3H3,(H,16,18)(H,19,20). The van der Waals surface area contributed by atoms with Crippen molar-refractivity contribution in [2.24, 2.45) is 5.41 Å². The fraction of sp³-hybridized carbons (Fsp3) is 0.692.